The first-order chi connectivity index (χ1) is 32.7. The van der Waals surface area contributed by atoms with Gasteiger partial charge in [0, 0.05) is 53.8 Å². The number of aromatic nitrogens is 1. The number of nitrogens with zero attached hydrogens (tertiary/aromatic N) is 1. The minimum Gasteiger partial charge on any atom is -0.493 e. The van der Waals surface area contributed by atoms with Crippen molar-refractivity contribution in [3.63, 3.8) is 0 Å². The molecule has 0 N–H and O–H groups in total. The third-order valence-electron chi connectivity index (χ3n) is 15.0. The number of hydrogen-bond donors (Lipinski definition) is 0. The Balaban J connectivity index is 1.12. The zero-order valence-corrected chi connectivity index (χ0v) is 39.5. The lowest BCUT2D eigenvalue weighted by molar-refractivity contribution is -0.135. The van der Waals surface area contributed by atoms with Crippen LogP contribution in [0.15, 0.2) is 51.7 Å². The molecule has 12 heteroatoms. The predicted octanol–water partition coefficient (Wildman–Crippen LogP) is 12.5. The number of rotatable bonds is 16. The molecule has 0 atom stereocenters. The molecule has 67 heavy (non-hydrogen) atoms. The van der Waals surface area contributed by atoms with Gasteiger partial charge < -0.3 is 37.4 Å². The standard InChI is InChI=1S/C55H65NO11/c1-61-43-30-38(22-23-41(43)64-48(57)24-19-34-13-7-4-8-14-34)51-52-40-32-45(63-3)47(66-50(59)26-21-36-17-11-6-12-18-36)33-42(40)67-55(60)54(52)56-28-27-37-29-46(44(62-2)31-39(37)53(51)56)65-49(58)25-20-35-15-9-5-10-16-35/h22-23,29-36H,4-21,24-28H2,1-3H3. The smallest absolute Gasteiger partial charge is 0.361 e. The van der Waals surface area contributed by atoms with E-state index in [1.165, 1.54) is 72.0 Å². The molecule has 0 spiro atoms. The molecule has 9 rings (SSSR count). The van der Waals surface area contributed by atoms with Crippen LogP contribution < -0.4 is 34.0 Å². The van der Waals surface area contributed by atoms with E-state index in [0.717, 1.165) is 74.6 Å². The van der Waals surface area contributed by atoms with Gasteiger partial charge in [0.1, 0.15) is 11.1 Å². The molecule has 0 bridgehead atoms. The maximum absolute atomic E-state index is 14.4. The normalized spacial score (nSPS) is 16.9. The number of fused-ring (bicyclic) bond motifs is 7. The second-order valence-electron chi connectivity index (χ2n) is 19.3. The molecule has 1 aliphatic heterocycles. The molecular weight excluding hydrogens is 851 g/mol. The summed E-state index contributed by atoms with van der Waals surface area (Å²) in [6, 6.07) is 12.5. The average molecular weight is 916 g/mol. The summed E-state index contributed by atoms with van der Waals surface area (Å²) in [6.07, 6.45) is 21.7. The second-order valence-corrected chi connectivity index (χ2v) is 19.3. The van der Waals surface area contributed by atoms with Crippen LogP contribution in [0.25, 0.3) is 44.3 Å². The van der Waals surface area contributed by atoms with E-state index in [1.54, 1.807) is 25.3 Å². The molecule has 0 unspecified atom stereocenters. The van der Waals surface area contributed by atoms with E-state index in [4.69, 9.17) is 32.8 Å². The fourth-order valence-corrected chi connectivity index (χ4v) is 11.4. The van der Waals surface area contributed by atoms with E-state index in [0.29, 0.717) is 99.7 Å². The van der Waals surface area contributed by atoms with Crippen molar-refractivity contribution in [2.75, 3.05) is 21.3 Å². The highest BCUT2D eigenvalue weighted by Gasteiger charge is 2.32. The largest absolute Gasteiger partial charge is 0.493 e. The summed E-state index contributed by atoms with van der Waals surface area (Å²) < 4.78 is 43.7. The first kappa shape index (κ1) is 46.3. The first-order valence-corrected chi connectivity index (χ1v) is 24.9. The van der Waals surface area contributed by atoms with Gasteiger partial charge in [0.2, 0.25) is 0 Å². The minimum absolute atomic E-state index is 0.170. The monoisotopic (exact) mass is 915 g/mol. The van der Waals surface area contributed by atoms with Gasteiger partial charge in [-0.05, 0) is 84.9 Å². The van der Waals surface area contributed by atoms with Gasteiger partial charge in [-0.3, -0.25) is 14.4 Å². The number of hydrogen-bond acceptors (Lipinski definition) is 11. The lowest BCUT2D eigenvalue weighted by Gasteiger charge is -2.24. The SMILES string of the molecule is COc1cc(-c2c3n(c4c(=O)oc5cc(OC(=O)CCC6CCCCC6)c(OC)cc5c24)CCc2cc(OC(=O)CCC4CCCCC4)c(OC)cc2-3)ccc1OC(=O)CCC1CCCCC1. The number of aryl methyl sites for hydroxylation is 2. The molecule has 3 heterocycles. The molecule has 4 aliphatic rings. The number of benzene rings is 3. The summed E-state index contributed by atoms with van der Waals surface area (Å²) in [7, 11) is 4.61. The van der Waals surface area contributed by atoms with E-state index in [1.807, 2.05) is 28.8 Å². The highest BCUT2D eigenvalue weighted by Crippen LogP contribution is 2.50. The molecule has 2 aromatic heterocycles. The maximum Gasteiger partial charge on any atom is 0.361 e. The van der Waals surface area contributed by atoms with Crippen LogP contribution in [0.1, 0.15) is 140 Å². The van der Waals surface area contributed by atoms with E-state index >= 15 is 0 Å². The summed E-state index contributed by atoms with van der Waals surface area (Å²) in [6.45, 7) is 0.415. The molecular formula is C55H65NO11. The quantitative estimate of drug-likeness (QED) is 0.0530. The summed E-state index contributed by atoms with van der Waals surface area (Å²) in [5, 5.41) is 1.17. The van der Waals surface area contributed by atoms with Crippen molar-refractivity contribution < 1.29 is 47.2 Å². The van der Waals surface area contributed by atoms with Gasteiger partial charge in [-0.2, -0.15) is 0 Å². The van der Waals surface area contributed by atoms with Crippen LogP contribution in [0.3, 0.4) is 0 Å². The third kappa shape index (κ3) is 10.2. The van der Waals surface area contributed by atoms with Gasteiger partial charge in [-0.25, -0.2) is 4.79 Å². The Bertz CT molecular complexity index is 2670. The molecule has 3 aromatic carbocycles. The highest BCUT2D eigenvalue weighted by atomic mass is 16.6. The van der Waals surface area contributed by atoms with Gasteiger partial charge in [0.15, 0.2) is 34.5 Å². The fraction of sp³-hybridized carbons (Fsp3) is 0.527. The number of carbonyl (C=O) groups excluding carboxylic acids is 3. The second kappa shape index (κ2) is 21.0. The molecule has 3 aliphatic carbocycles. The minimum atomic E-state index is -0.566. The molecule has 12 nitrogen and oxygen atoms in total. The number of ether oxygens (including phenoxy) is 6. The lowest BCUT2D eigenvalue weighted by Crippen LogP contribution is -2.16. The van der Waals surface area contributed by atoms with Crippen molar-refractivity contribution in [3.8, 4) is 56.9 Å². The molecule has 0 saturated heterocycles. The van der Waals surface area contributed by atoms with E-state index in [2.05, 4.69) is 0 Å². The zero-order valence-electron chi connectivity index (χ0n) is 39.5. The van der Waals surface area contributed by atoms with Crippen molar-refractivity contribution in [1.82, 2.24) is 4.57 Å². The zero-order chi connectivity index (χ0) is 46.4. The van der Waals surface area contributed by atoms with Gasteiger partial charge in [-0.15, -0.1) is 0 Å². The van der Waals surface area contributed by atoms with E-state index < -0.39 is 5.63 Å². The Morgan fingerprint density at radius 3 is 1.61 bits per heavy atom. The average Bonchev–Trinajstić information content (AvgIpc) is 3.72. The van der Waals surface area contributed by atoms with E-state index in [9.17, 15) is 19.2 Å². The van der Waals surface area contributed by atoms with Crippen LogP contribution in [0.5, 0.6) is 34.5 Å². The summed E-state index contributed by atoms with van der Waals surface area (Å²) in [4.78, 5) is 54.3. The topological polar surface area (TPSA) is 142 Å². The van der Waals surface area contributed by atoms with E-state index in [-0.39, 0.29) is 35.7 Å². The Morgan fingerprint density at radius 2 is 1.07 bits per heavy atom. The summed E-state index contributed by atoms with van der Waals surface area (Å²) in [5.74, 6) is 2.51. The predicted molar refractivity (Wildman–Crippen MR) is 257 cm³/mol. The molecule has 356 valence electrons. The number of carbonyl (C=O) groups is 3. The lowest BCUT2D eigenvalue weighted by atomic mass is 9.86. The van der Waals surface area contributed by atoms with Gasteiger partial charge in [-0.1, -0.05) is 102 Å². The Kier molecular flexibility index (Phi) is 14.5. The summed E-state index contributed by atoms with van der Waals surface area (Å²) >= 11 is 0. The Morgan fingerprint density at radius 1 is 0.582 bits per heavy atom. The number of esters is 3. The van der Waals surface area contributed by atoms with Gasteiger partial charge in [0.05, 0.1) is 27.0 Å². The molecule has 3 saturated carbocycles. The highest BCUT2D eigenvalue weighted by molar-refractivity contribution is 6.17. The van der Waals surface area contributed by atoms with Crippen LogP contribution in [0.2, 0.25) is 0 Å². The number of methoxy groups -OCH3 is 3. The summed E-state index contributed by atoms with van der Waals surface area (Å²) in [5.41, 5.74) is 3.81. The van der Waals surface area contributed by atoms with Crippen molar-refractivity contribution in [1.29, 1.82) is 0 Å². The van der Waals surface area contributed by atoms with Gasteiger partial charge >= 0.3 is 23.5 Å². The van der Waals surface area contributed by atoms with Crippen LogP contribution in [0, 0.1) is 17.8 Å². The van der Waals surface area contributed by atoms with Crippen molar-refractivity contribution in [3.05, 3.63) is 58.4 Å². The molecule has 0 radical (unpaired) electrons. The maximum atomic E-state index is 14.4. The van der Waals surface area contributed by atoms with Crippen molar-refractivity contribution in [2.24, 2.45) is 17.8 Å². The van der Waals surface area contributed by atoms with Gasteiger partial charge in [0.25, 0.3) is 0 Å². The van der Waals surface area contributed by atoms with Crippen molar-refractivity contribution >= 4 is 39.8 Å². The molecule has 0 amide bonds. The Hall–Kier alpha value is -5.78. The Labute approximate surface area is 392 Å². The fourth-order valence-electron chi connectivity index (χ4n) is 11.4. The third-order valence-corrected chi connectivity index (χ3v) is 15.0. The van der Waals surface area contributed by atoms with Crippen LogP contribution >= 0.6 is 0 Å². The van der Waals surface area contributed by atoms with Crippen LogP contribution in [-0.4, -0.2) is 43.8 Å². The van der Waals surface area contributed by atoms with Crippen molar-refractivity contribution in [2.45, 2.75) is 148 Å². The first-order valence-electron chi connectivity index (χ1n) is 24.9. The van der Waals surface area contributed by atoms with Crippen LogP contribution in [-0.2, 0) is 27.3 Å². The molecule has 5 aromatic rings. The molecule has 3 fully saturated rings. The van der Waals surface area contributed by atoms with Crippen LogP contribution in [0.4, 0.5) is 0 Å².